The standard InChI is InChI=1S/C2H5.CH3O.Y/c2*1-2;/h1H2,2H3;2H,1H2;/q2*-1;. The van der Waals surface area contributed by atoms with Crippen molar-refractivity contribution in [1.29, 1.82) is 0 Å². The SMILES string of the molecule is [CH2-]C.[CH2-]O.[Y]. The molecule has 0 aliphatic rings. The molecule has 0 spiro atoms. The first-order valence-electron chi connectivity index (χ1n) is 1.02. The molecule has 0 heterocycles. The Bertz CT molecular complexity index is 6.85. The third kappa shape index (κ3) is 42.0. The first kappa shape index (κ1) is 16.6. The second kappa shape index (κ2) is 73.9. The Morgan fingerprint density at radius 1 is 1.20 bits per heavy atom. The molecule has 5 heavy (non-hydrogen) atoms. The number of aliphatic hydroxyl groups excluding tert-OH is 1. The molecule has 0 aromatic rings. The van der Waals surface area contributed by atoms with Gasteiger partial charge in [-0.25, -0.2) is 7.11 Å². The average molecular weight is 149 g/mol. The zero-order chi connectivity index (χ0) is 4.00. The van der Waals surface area contributed by atoms with Gasteiger partial charge >= 0.3 is 0 Å². The zero-order valence-corrected chi connectivity index (χ0v) is 6.28. The molecule has 0 fully saturated rings. The summed E-state index contributed by atoms with van der Waals surface area (Å²) >= 11 is 0. The van der Waals surface area contributed by atoms with E-state index in [-0.39, 0.29) is 32.7 Å². The van der Waals surface area contributed by atoms with E-state index in [9.17, 15) is 0 Å². The van der Waals surface area contributed by atoms with Crippen molar-refractivity contribution in [2.75, 3.05) is 0 Å². The summed E-state index contributed by atoms with van der Waals surface area (Å²) in [6.07, 6.45) is 0. The summed E-state index contributed by atoms with van der Waals surface area (Å²) in [6, 6.07) is 0. The smallest absolute Gasteiger partial charge is 0 e. The molecule has 0 saturated heterocycles. The second-order valence-corrected chi connectivity index (χ2v) is 0. The first-order valence-corrected chi connectivity index (χ1v) is 1.02. The van der Waals surface area contributed by atoms with Crippen molar-refractivity contribution in [3.63, 3.8) is 0 Å². The van der Waals surface area contributed by atoms with Crippen LogP contribution in [-0.4, -0.2) is 5.11 Å². The molecular weight excluding hydrogens is 141 g/mol. The maximum Gasteiger partial charge on any atom is 0 e. The van der Waals surface area contributed by atoms with Gasteiger partial charge in [0.2, 0.25) is 0 Å². The molecule has 0 aliphatic heterocycles. The third-order valence-corrected chi connectivity index (χ3v) is 0. The molecular formula is C3H8OY-2. The minimum atomic E-state index is 0. The Morgan fingerprint density at radius 3 is 1.20 bits per heavy atom. The van der Waals surface area contributed by atoms with Crippen LogP contribution >= 0.6 is 0 Å². The van der Waals surface area contributed by atoms with Crippen molar-refractivity contribution in [2.45, 2.75) is 6.92 Å². The fourth-order valence-corrected chi connectivity index (χ4v) is 0. The van der Waals surface area contributed by atoms with Gasteiger partial charge in [-0.2, -0.15) is 6.92 Å². The van der Waals surface area contributed by atoms with Crippen LogP contribution in [0.5, 0.6) is 0 Å². The van der Waals surface area contributed by atoms with E-state index in [0.29, 0.717) is 0 Å². The molecule has 0 unspecified atom stereocenters. The number of rotatable bonds is 0. The van der Waals surface area contributed by atoms with E-state index in [1.165, 1.54) is 0 Å². The molecule has 0 atom stereocenters. The van der Waals surface area contributed by atoms with E-state index in [1.807, 2.05) is 0 Å². The van der Waals surface area contributed by atoms with Crippen LogP contribution in [-0.2, 0) is 32.7 Å². The van der Waals surface area contributed by atoms with Crippen molar-refractivity contribution >= 4 is 0 Å². The van der Waals surface area contributed by atoms with Gasteiger partial charge in [0.1, 0.15) is 0 Å². The van der Waals surface area contributed by atoms with Crippen LogP contribution in [0.4, 0.5) is 0 Å². The molecule has 0 bridgehead atoms. The van der Waals surface area contributed by atoms with E-state index in [0.717, 1.165) is 0 Å². The van der Waals surface area contributed by atoms with Gasteiger partial charge in [-0.05, 0) is 0 Å². The van der Waals surface area contributed by atoms with Crippen molar-refractivity contribution in [1.82, 2.24) is 0 Å². The van der Waals surface area contributed by atoms with Gasteiger partial charge in [-0.1, -0.05) is 0 Å². The van der Waals surface area contributed by atoms with E-state index in [4.69, 9.17) is 5.11 Å². The number of aliphatic hydroxyl groups is 1. The van der Waals surface area contributed by atoms with Gasteiger partial charge in [0, 0.05) is 32.7 Å². The summed E-state index contributed by atoms with van der Waals surface area (Å²) in [6.45, 7) is 5.00. The van der Waals surface area contributed by atoms with Crippen LogP contribution in [0.2, 0.25) is 0 Å². The number of hydrogen-bond acceptors (Lipinski definition) is 1. The van der Waals surface area contributed by atoms with E-state index >= 15 is 0 Å². The first-order chi connectivity index (χ1) is 2.00. The third-order valence-electron chi connectivity index (χ3n) is 0. The number of hydrogen-bond donors (Lipinski definition) is 1. The summed E-state index contributed by atoms with van der Waals surface area (Å²) in [4.78, 5) is 0. The van der Waals surface area contributed by atoms with Crippen LogP contribution in [0.25, 0.3) is 0 Å². The van der Waals surface area contributed by atoms with Gasteiger partial charge in [-0.15, -0.1) is 0 Å². The normalized spacial score (nSPS) is 2.40. The Kier molecular flexibility index (Phi) is 245. The summed E-state index contributed by atoms with van der Waals surface area (Å²) in [5, 5.41) is 6.75. The Balaban J connectivity index is -0.0000000133. The molecule has 1 radical (unpaired) electrons. The average Bonchev–Trinajstić information content (AvgIpc) is 1.50. The van der Waals surface area contributed by atoms with Crippen molar-refractivity contribution in [3.05, 3.63) is 14.0 Å². The maximum absolute atomic E-state index is 6.75. The topological polar surface area (TPSA) is 20.2 Å². The van der Waals surface area contributed by atoms with E-state index in [2.05, 4.69) is 14.0 Å². The fourth-order valence-electron chi connectivity index (χ4n) is 0. The minimum Gasteiger partial charge on any atom is -0.569 e. The summed E-state index contributed by atoms with van der Waals surface area (Å²) in [5.41, 5.74) is 0. The Hall–Kier alpha value is 1.06. The van der Waals surface area contributed by atoms with Crippen LogP contribution in [0, 0.1) is 14.0 Å². The summed E-state index contributed by atoms with van der Waals surface area (Å²) < 4.78 is 0. The van der Waals surface area contributed by atoms with Gasteiger partial charge in [-0.3, -0.25) is 0 Å². The van der Waals surface area contributed by atoms with E-state index < -0.39 is 0 Å². The van der Waals surface area contributed by atoms with E-state index in [1.54, 1.807) is 6.92 Å². The summed E-state index contributed by atoms with van der Waals surface area (Å²) in [7, 11) is 2.25. The largest absolute Gasteiger partial charge is 0.569 e. The molecule has 0 aromatic carbocycles. The van der Waals surface area contributed by atoms with Gasteiger partial charge in [0.15, 0.2) is 0 Å². The van der Waals surface area contributed by atoms with Crippen LogP contribution in [0.3, 0.4) is 0 Å². The second-order valence-electron chi connectivity index (χ2n) is 0. The van der Waals surface area contributed by atoms with Gasteiger partial charge in [0.25, 0.3) is 0 Å². The molecule has 0 saturated carbocycles. The van der Waals surface area contributed by atoms with Gasteiger partial charge < -0.3 is 12.0 Å². The predicted octanol–water partition coefficient (Wildman–Crippen LogP) is 0.988. The molecule has 1 N–H and O–H groups in total. The molecule has 31 valence electrons. The molecule has 1 nitrogen and oxygen atoms in total. The van der Waals surface area contributed by atoms with Crippen molar-refractivity contribution in [2.24, 2.45) is 0 Å². The zero-order valence-electron chi connectivity index (χ0n) is 3.44. The van der Waals surface area contributed by atoms with Crippen LogP contribution < -0.4 is 0 Å². The summed E-state index contributed by atoms with van der Waals surface area (Å²) in [5.74, 6) is 0. The predicted molar refractivity (Wildman–Crippen MR) is 18.3 cm³/mol. The van der Waals surface area contributed by atoms with Crippen LogP contribution in [0.15, 0.2) is 0 Å². The van der Waals surface area contributed by atoms with Crippen molar-refractivity contribution in [3.8, 4) is 0 Å². The maximum atomic E-state index is 6.75. The molecule has 0 aliphatic carbocycles. The molecule has 2 heteroatoms. The van der Waals surface area contributed by atoms with Crippen molar-refractivity contribution < 1.29 is 37.8 Å². The molecule has 0 rings (SSSR count). The van der Waals surface area contributed by atoms with Crippen LogP contribution in [0.1, 0.15) is 6.92 Å². The Morgan fingerprint density at radius 2 is 1.20 bits per heavy atom. The molecule has 0 amide bonds. The fraction of sp³-hybridized carbons (Fsp3) is 0.333. The molecule has 0 aromatic heterocycles. The van der Waals surface area contributed by atoms with Gasteiger partial charge in [0.05, 0.1) is 0 Å². The Labute approximate surface area is 58.7 Å². The minimum absolute atomic E-state index is 0. The quantitative estimate of drug-likeness (QED) is 0.509. The monoisotopic (exact) mass is 149 g/mol.